The fourth-order valence-corrected chi connectivity index (χ4v) is 4.07. The zero-order chi connectivity index (χ0) is 25.5. The average Bonchev–Trinajstić information content (AvgIpc) is 3.54. The van der Waals surface area contributed by atoms with Gasteiger partial charge in [-0.1, -0.05) is 26.5 Å². The second-order valence-corrected chi connectivity index (χ2v) is 8.91. The second kappa shape index (κ2) is 8.90. The van der Waals surface area contributed by atoms with Gasteiger partial charge in [-0.15, -0.1) is 0 Å². The van der Waals surface area contributed by atoms with Gasteiger partial charge in [-0.05, 0) is 30.2 Å². The summed E-state index contributed by atoms with van der Waals surface area (Å²) in [6.07, 6.45) is 8.12. The predicted molar refractivity (Wildman–Crippen MR) is 141 cm³/mol. The summed E-state index contributed by atoms with van der Waals surface area (Å²) in [6, 6.07) is 9.35. The van der Waals surface area contributed by atoms with Crippen molar-refractivity contribution in [1.29, 1.82) is 0 Å². The summed E-state index contributed by atoms with van der Waals surface area (Å²) in [5.41, 5.74) is 5.83. The molecule has 0 aliphatic rings. The molecular formula is C27H22FN9. The van der Waals surface area contributed by atoms with Gasteiger partial charge in [-0.2, -0.15) is 5.10 Å². The molecule has 0 amide bonds. The summed E-state index contributed by atoms with van der Waals surface area (Å²) in [5.74, 6) is 0.158. The van der Waals surface area contributed by atoms with Crippen LogP contribution in [0.15, 0.2) is 73.6 Å². The molecule has 6 aromatic heterocycles. The van der Waals surface area contributed by atoms with Crippen molar-refractivity contribution in [3.8, 4) is 33.9 Å². The Morgan fingerprint density at radius 1 is 1.00 bits per heavy atom. The molecule has 0 spiro atoms. The number of rotatable bonds is 6. The Morgan fingerprint density at radius 3 is 2.70 bits per heavy atom. The van der Waals surface area contributed by atoms with Gasteiger partial charge in [0.1, 0.15) is 11.5 Å². The molecule has 0 aliphatic carbocycles. The molecule has 37 heavy (non-hydrogen) atoms. The van der Waals surface area contributed by atoms with E-state index >= 15 is 4.39 Å². The molecule has 6 aromatic rings. The minimum Gasteiger partial charge on any atom is -0.358 e. The maximum absolute atomic E-state index is 16.0. The van der Waals surface area contributed by atoms with Crippen molar-refractivity contribution < 1.29 is 4.39 Å². The number of nitrogens with one attached hydrogen (secondary N) is 3. The molecule has 0 bridgehead atoms. The minimum atomic E-state index is -0.478. The van der Waals surface area contributed by atoms with Gasteiger partial charge in [0.2, 0.25) is 0 Å². The summed E-state index contributed by atoms with van der Waals surface area (Å²) in [7, 11) is 0. The number of hydrogen-bond acceptors (Lipinski definition) is 7. The van der Waals surface area contributed by atoms with E-state index in [-0.39, 0.29) is 17.0 Å². The maximum Gasteiger partial charge on any atom is 0.184 e. The van der Waals surface area contributed by atoms with Gasteiger partial charge in [0.05, 0.1) is 28.5 Å². The molecule has 6 heterocycles. The van der Waals surface area contributed by atoms with Crippen LogP contribution in [-0.4, -0.2) is 40.1 Å². The fraction of sp³-hybridized carbons (Fsp3) is 0.111. The first-order valence-corrected chi connectivity index (χ1v) is 11.7. The van der Waals surface area contributed by atoms with Crippen molar-refractivity contribution >= 4 is 27.9 Å². The fourth-order valence-electron chi connectivity index (χ4n) is 4.07. The minimum absolute atomic E-state index is 0.223. The van der Waals surface area contributed by atoms with Crippen molar-refractivity contribution in [2.45, 2.75) is 13.8 Å². The van der Waals surface area contributed by atoms with Crippen molar-refractivity contribution in [1.82, 2.24) is 40.1 Å². The zero-order valence-corrected chi connectivity index (χ0v) is 20.1. The lowest BCUT2D eigenvalue weighted by atomic mass is 10.1. The maximum atomic E-state index is 16.0. The summed E-state index contributed by atoms with van der Waals surface area (Å²) < 4.78 is 16.0. The quantitative estimate of drug-likeness (QED) is 0.272. The van der Waals surface area contributed by atoms with Gasteiger partial charge in [0.15, 0.2) is 17.1 Å². The van der Waals surface area contributed by atoms with Crippen LogP contribution in [0.5, 0.6) is 0 Å². The summed E-state index contributed by atoms with van der Waals surface area (Å²) in [6.45, 7) is 8.11. The Labute approximate surface area is 211 Å². The van der Waals surface area contributed by atoms with Crippen molar-refractivity contribution in [2.24, 2.45) is 5.92 Å². The van der Waals surface area contributed by atoms with E-state index in [9.17, 15) is 0 Å². The molecule has 0 atom stereocenters. The number of hydrogen-bond donors (Lipinski definition) is 3. The number of pyridine rings is 4. The molecule has 0 aliphatic heterocycles. The molecule has 0 saturated carbocycles. The molecule has 0 aromatic carbocycles. The monoisotopic (exact) mass is 491 g/mol. The molecule has 3 N–H and O–H groups in total. The van der Waals surface area contributed by atoms with E-state index < -0.39 is 5.82 Å². The highest BCUT2D eigenvalue weighted by molar-refractivity contribution is 5.96. The Kier molecular flexibility index (Phi) is 5.41. The van der Waals surface area contributed by atoms with Crippen molar-refractivity contribution in [3.05, 3.63) is 79.4 Å². The van der Waals surface area contributed by atoms with Crippen LogP contribution in [0.4, 0.5) is 10.1 Å². The Hall–Kier alpha value is -4.99. The third kappa shape index (κ3) is 3.98. The number of halogens is 1. The summed E-state index contributed by atoms with van der Waals surface area (Å²) in [4.78, 5) is 25.4. The Bertz CT molecular complexity index is 1770. The SMILES string of the molecule is C=C(Nc1cncc(-c2cnc3n[nH]c(-c4nc5nccc(-c6ccccn6)c5[nH]4)c3c2F)c1)C(C)C. The molecule has 182 valence electrons. The Morgan fingerprint density at radius 2 is 1.89 bits per heavy atom. The van der Waals surface area contributed by atoms with Crippen LogP contribution in [0, 0.1) is 11.7 Å². The molecular weight excluding hydrogens is 469 g/mol. The van der Waals surface area contributed by atoms with Crippen LogP contribution in [0.25, 0.3) is 56.1 Å². The van der Waals surface area contributed by atoms with Crippen LogP contribution in [0.3, 0.4) is 0 Å². The van der Waals surface area contributed by atoms with E-state index in [1.807, 2.05) is 44.2 Å². The molecule has 0 radical (unpaired) electrons. The van der Waals surface area contributed by atoms with Gasteiger partial charge >= 0.3 is 0 Å². The topological polar surface area (TPSA) is 121 Å². The number of aromatic amines is 2. The van der Waals surface area contributed by atoms with E-state index in [1.54, 1.807) is 24.8 Å². The van der Waals surface area contributed by atoms with Gasteiger partial charge in [-0.25, -0.2) is 19.3 Å². The lowest BCUT2D eigenvalue weighted by molar-refractivity contribution is 0.642. The first kappa shape index (κ1) is 22.5. The molecule has 9 nitrogen and oxygen atoms in total. The van der Waals surface area contributed by atoms with E-state index in [2.05, 4.69) is 52.0 Å². The van der Waals surface area contributed by atoms with Gasteiger partial charge in [0, 0.05) is 47.2 Å². The highest BCUT2D eigenvalue weighted by Crippen LogP contribution is 2.34. The number of nitrogens with zero attached hydrogens (tertiary/aromatic N) is 6. The number of anilines is 1. The van der Waals surface area contributed by atoms with Crippen LogP contribution in [0.2, 0.25) is 0 Å². The number of H-pyrrole nitrogens is 2. The standard InChI is InChI=1S/C27H22FN9/c1-14(2)15(3)33-17-10-16(11-29-12-17)19-13-32-25-21(22(19)28)24(36-37-25)27-34-23-18(7-9-31-26(23)35-27)20-6-4-5-8-30-20/h4-14,33H,3H2,1-2H3,(H,31,34,35)(H,32,36,37). The first-order chi connectivity index (χ1) is 18.0. The summed E-state index contributed by atoms with van der Waals surface area (Å²) >= 11 is 0. The second-order valence-electron chi connectivity index (χ2n) is 8.91. The molecule has 0 saturated heterocycles. The zero-order valence-electron chi connectivity index (χ0n) is 20.1. The van der Waals surface area contributed by atoms with Crippen LogP contribution >= 0.6 is 0 Å². The third-order valence-electron chi connectivity index (χ3n) is 6.14. The van der Waals surface area contributed by atoms with E-state index in [0.717, 1.165) is 17.0 Å². The van der Waals surface area contributed by atoms with E-state index in [1.165, 1.54) is 6.20 Å². The highest BCUT2D eigenvalue weighted by atomic mass is 19.1. The van der Waals surface area contributed by atoms with Crippen LogP contribution in [0.1, 0.15) is 13.8 Å². The molecule has 0 unspecified atom stereocenters. The summed E-state index contributed by atoms with van der Waals surface area (Å²) in [5, 5.41) is 10.6. The van der Waals surface area contributed by atoms with Gasteiger partial charge in [0.25, 0.3) is 0 Å². The third-order valence-corrected chi connectivity index (χ3v) is 6.14. The molecule has 0 fully saturated rings. The van der Waals surface area contributed by atoms with Crippen LogP contribution in [-0.2, 0) is 0 Å². The number of allylic oxidation sites excluding steroid dienone is 1. The molecule has 6 rings (SSSR count). The van der Waals surface area contributed by atoms with E-state index in [0.29, 0.717) is 39.5 Å². The van der Waals surface area contributed by atoms with Crippen molar-refractivity contribution in [3.63, 3.8) is 0 Å². The highest BCUT2D eigenvalue weighted by Gasteiger charge is 2.21. The number of aromatic nitrogens is 8. The smallest absolute Gasteiger partial charge is 0.184 e. The first-order valence-electron chi connectivity index (χ1n) is 11.7. The largest absolute Gasteiger partial charge is 0.358 e. The molecule has 10 heteroatoms. The van der Waals surface area contributed by atoms with Gasteiger partial charge < -0.3 is 10.3 Å². The lowest BCUT2D eigenvalue weighted by Gasteiger charge is -2.13. The Balaban J connectivity index is 1.45. The van der Waals surface area contributed by atoms with Gasteiger partial charge in [-0.3, -0.25) is 15.1 Å². The lowest BCUT2D eigenvalue weighted by Crippen LogP contribution is -2.04. The number of imidazole rings is 1. The average molecular weight is 492 g/mol. The normalized spacial score (nSPS) is 11.5. The predicted octanol–water partition coefficient (Wildman–Crippen LogP) is 5.74. The van der Waals surface area contributed by atoms with Crippen LogP contribution < -0.4 is 5.32 Å². The van der Waals surface area contributed by atoms with E-state index in [4.69, 9.17) is 0 Å². The van der Waals surface area contributed by atoms with Crippen molar-refractivity contribution in [2.75, 3.05) is 5.32 Å². The number of fused-ring (bicyclic) bond motifs is 2.